The average Bonchev–Trinajstić information content (AvgIpc) is 2.64. The standard InChI is InChI=1S/C20H25FN2O3/c1-6-23(13-14-7-10-18(25-4)19(11-14)26-5)20(24)15-8-9-17(22(2)3)16(21)12-15/h7-12H,6,13H2,1-5H3. The number of hydrogen-bond acceptors (Lipinski definition) is 4. The molecule has 0 aromatic heterocycles. The molecular weight excluding hydrogens is 335 g/mol. The molecule has 0 spiro atoms. The van der Waals surface area contributed by atoms with Gasteiger partial charge in [-0.1, -0.05) is 6.07 Å². The Morgan fingerprint density at radius 1 is 1.04 bits per heavy atom. The molecule has 0 aliphatic rings. The molecule has 1 amide bonds. The molecule has 2 aromatic rings. The Balaban J connectivity index is 2.23. The van der Waals surface area contributed by atoms with Crippen molar-refractivity contribution in [2.45, 2.75) is 13.5 Å². The molecule has 26 heavy (non-hydrogen) atoms. The van der Waals surface area contributed by atoms with Gasteiger partial charge in [0.05, 0.1) is 19.9 Å². The fraction of sp³-hybridized carbons (Fsp3) is 0.350. The number of rotatable bonds is 7. The highest BCUT2D eigenvalue weighted by atomic mass is 19.1. The van der Waals surface area contributed by atoms with Crippen molar-refractivity contribution in [3.05, 3.63) is 53.3 Å². The van der Waals surface area contributed by atoms with E-state index in [2.05, 4.69) is 0 Å². The lowest BCUT2D eigenvalue weighted by molar-refractivity contribution is 0.0752. The van der Waals surface area contributed by atoms with Crippen molar-refractivity contribution in [2.75, 3.05) is 39.8 Å². The van der Waals surface area contributed by atoms with Crippen LogP contribution < -0.4 is 14.4 Å². The Hall–Kier alpha value is -2.76. The molecule has 0 saturated carbocycles. The molecule has 0 atom stereocenters. The Bertz CT molecular complexity index is 778. The molecule has 2 rings (SSSR count). The highest BCUT2D eigenvalue weighted by Crippen LogP contribution is 2.28. The van der Waals surface area contributed by atoms with E-state index in [4.69, 9.17) is 9.47 Å². The maximum absolute atomic E-state index is 14.2. The first kappa shape index (κ1) is 19.6. The van der Waals surface area contributed by atoms with Gasteiger partial charge in [-0.25, -0.2) is 4.39 Å². The van der Waals surface area contributed by atoms with E-state index >= 15 is 0 Å². The van der Waals surface area contributed by atoms with Gasteiger partial charge in [-0.3, -0.25) is 4.79 Å². The minimum atomic E-state index is -0.414. The molecular formula is C20H25FN2O3. The first-order valence-electron chi connectivity index (χ1n) is 8.38. The van der Waals surface area contributed by atoms with Gasteiger partial charge in [0.25, 0.3) is 5.91 Å². The predicted molar refractivity (Wildman–Crippen MR) is 101 cm³/mol. The lowest BCUT2D eigenvalue weighted by atomic mass is 10.1. The Morgan fingerprint density at radius 2 is 1.73 bits per heavy atom. The van der Waals surface area contributed by atoms with Gasteiger partial charge < -0.3 is 19.3 Å². The monoisotopic (exact) mass is 360 g/mol. The van der Waals surface area contributed by atoms with E-state index in [0.29, 0.717) is 35.8 Å². The molecule has 0 heterocycles. The number of ether oxygens (including phenoxy) is 2. The topological polar surface area (TPSA) is 42.0 Å². The van der Waals surface area contributed by atoms with Crippen molar-refractivity contribution >= 4 is 11.6 Å². The zero-order valence-electron chi connectivity index (χ0n) is 15.9. The van der Waals surface area contributed by atoms with Crippen LogP contribution in [0.15, 0.2) is 36.4 Å². The summed E-state index contributed by atoms with van der Waals surface area (Å²) in [6.07, 6.45) is 0. The summed E-state index contributed by atoms with van der Waals surface area (Å²) < 4.78 is 24.7. The zero-order chi connectivity index (χ0) is 19.3. The summed E-state index contributed by atoms with van der Waals surface area (Å²) in [5.74, 6) is 0.608. The van der Waals surface area contributed by atoms with Crippen molar-refractivity contribution in [1.29, 1.82) is 0 Å². The van der Waals surface area contributed by atoms with Gasteiger partial charge in [-0.05, 0) is 42.8 Å². The second-order valence-electron chi connectivity index (χ2n) is 6.07. The van der Waals surface area contributed by atoms with Crippen molar-refractivity contribution < 1.29 is 18.7 Å². The Kier molecular flexibility index (Phi) is 6.44. The van der Waals surface area contributed by atoms with E-state index in [-0.39, 0.29) is 5.91 Å². The number of carbonyl (C=O) groups excluding carboxylic acids is 1. The van der Waals surface area contributed by atoms with Crippen LogP contribution in [0.2, 0.25) is 0 Å². The largest absolute Gasteiger partial charge is 0.493 e. The molecule has 0 saturated heterocycles. The maximum Gasteiger partial charge on any atom is 0.254 e. The minimum Gasteiger partial charge on any atom is -0.493 e. The number of anilines is 1. The summed E-state index contributed by atoms with van der Waals surface area (Å²) in [5, 5.41) is 0. The van der Waals surface area contributed by atoms with Crippen LogP contribution in [0.25, 0.3) is 0 Å². The third kappa shape index (κ3) is 4.25. The smallest absolute Gasteiger partial charge is 0.254 e. The van der Waals surface area contributed by atoms with Gasteiger partial charge >= 0.3 is 0 Å². The van der Waals surface area contributed by atoms with E-state index < -0.39 is 5.82 Å². The molecule has 0 N–H and O–H groups in total. The van der Waals surface area contributed by atoms with Crippen LogP contribution in [-0.4, -0.2) is 45.7 Å². The average molecular weight is 360 g/mol. The van der Waals surface area contributed by atoms with Crippen molar-refractivity contribution in [1.82, 2.24) is 4.90 Å². The molecule has 0 fully saturated rings. The summed E-state index contributed by atoms with van der Waals surface area (Å²) >= 11 is 0. The Labute approximate surface area is 153 Å². The molecule has 0 aliphatic carbocycles. The molecule has 140 valence electrons. The summed E-state index contributed by atoms with van der Waals surface area (Å²) in [6.45, 7) is 2.79. The lowest BCUT2D eigenvalue weighted by Crippen LogP contribution is -2.30. The van der Waals surface area contributed by atoms with Crippen LogP contribution >= 0.6 is 0 Å². The van der Waals surface area contributed by atoms with Gasteiger partial charge in [-0.2, -0.15) is 0 Å². The minimum absolute atomic E-state index is 0.216. The van der Waals surface area contributed by atoms with Crippen molar-refractivity contribution in [3.63, 3.8) is 0 Å². The van der Waals surface area contributed by atoms with Crippen LogP contribution in [0.5, 0.6) is 11.5 Å². The van der Waals surface area contributed by atoms with Gasteiger partial charge in [0.1, 0.15) is 5.82 Å². The van der Waals surface area contributed by atoms with Crippen molar-refractivity contribution in [3.8, 4) is 11.5 Å². The number of nitrogens with zero attached hydrogens (tertiary/aromatic N) is 2. The maximum atomic E-state index is 14.2. The zero-order valence-corrected chi connectivity index (χ0v) is 15.9. The molecule has 6 heteroatoms. The fourth-order valence-electron chi connectivity index (χ4n) is 2.71. The third-order valence-electron chi connectivity index (χ3n) is 4.17. The number of halogens is 1. The number of benzene rings is 2. The van der Waals surface area contributed by atoms with Crippen LogP contribution in [0, 0.1) is 5.82 Å². The fourth-order valence-corrected chi connectivity index (χ4v) is 2.71. The van der Waals surface area contributed by atoms with E-state index in [9.17, 15) is 9.18 Å². The van der Waals surface area contributed by atoms with E-state index in [0.717, 1.165) is 5.56 Å². The molecule has 2 aromatic carbocycles. The van der Waals surface area contributed by atoms with Gasteiger partial charge in [0, 0.05) is 32.7 Å². The van der Waals surface area contributed by atoms with E-state index in [1.165, 1.54) is 6.07 Å². The molecule has 5 nitrogen and oxygen atoms in total. The highest BCUT2D eigenvalue weighted by molar-refractivity contribution is 5.94. The van der Waals surface area contributed by atoms with Crippen LogP contribution in [0.3, 0.4) is 0 Å². The summed E-state index contributed by atoms with van der Waals surface area (Å²) in [4.78, 5) is 16.1. The SMILES string of the molecule is CCN(Cc1ccc(OC)c(OC)c1)C(=O)c1ccc(N(C)C)c(F)c1. The van der Waals surface area contributed by atoms with Crippen molar-refractivity contribution in [2.24, 2.45) is 0 Å². The molecule has 0 radical (unpaired) electrons. The first-order chi connectivity index (χ1) is 12.4. The quantitative estimate of drug-likeness (QED) is 0.757. The first-order valence-corrected chi connectivity index (χ1v) is 8.38. The summed E-state index contributed by atoms with van der Waals surface area (Å²) in [5.41, 5.74) is 1.68. The predicted octanol–water partition coefficient (Wildman–Crippen LogP) is 3.57. The van der Waals surface area contributed by atoms with E-state index in [1.54, 1.807) is 56.3 Å². The normalized spacial score (nSPS) is 10.4. The second kappa shape index (κ2) is 8.56. The number of amides is 1. The van der Waals surface area contributed by atoms with Gasteiger partial charge in [0.2, 0.25) is 0 Å². The third-order valence-corrected chi connectivity index (χ3v) is 4.17. The van der Waals surface area contributed by atoms with Gasteiger partial charge in [0.15, 0.2) is 11.5 Å². The van der Waals surface area contributed by atoms with Crippen LogP contribution in [0.4, 0.5) is 10.1 Å². The van der Waals surface area contributed by atoms with E-state index in [1.807, 2.05) is 19.1 Å². The molecule has 0 unspecified atom stereocenters. The second-order valence-corrected chi connectivity index (χ2v) is 6.07. The lowest BCUT2D eigenvalue weighted by Gasteiger charge is -2.22. The Morgan fingerprint density at radius 3 is 2.27 bits per heavy atom. The van der Waals surface area contributed by atoms with Crippen LogP contribution in [-0.2, 0) is 6.54 Å². The van der Waals surface area contributed by atoms with Gasteiger partial charge in [-0.15, -0.1) is 0 Å². The number of methoxy groups -OCH3 is 2. The molecule has 0 aliphatic heterocycles. The number of carbonyl (C=O) groups is 1. The highest BCUT2D eigenvalue weighted by Gasteiger charge is 2.17. The number of hydrogen-bond donors (Lipinski definition) is 0. The molecule has 0 bridgehead atoms. The van der Waals surface area contributed by atoms with Crippen LogP contribution in [0.1, 0.15) is 22.8 Å². The summed E-state index contributed by atoms with van der Waals surface area (Å²) in [6, 6.07) is 10.1. The summed E-state index contributed by atoms with van der Waals surface area (Å²) in [7, 11) is 6.66.